The third-order valence-corrected chi connectivity index (χ3v) is 4.53. The van der Waals surface area contributed by atoms with E-state index in [0.717, 1.165) is 11.3 Å². The summed E-state index contributed by atoms with van der Waals surface area (Å²) in [6.07, 6.45) is 0.232. The minimum atomic E-state index is -0.125. The standard InChI is InChI=1S/C21H24N2O4/c1-4-22(17-7-5-6-15(2)12-17)21(25)10-11-23(16(3)24)18-8-9-19-20(13-18)27-14-26-19/h5-9,12-13H,4,10-11,14H2,1-3H3. The molecule has 2 aromatic rings. The van der Waals surface area contributed by atoms with Crippen molar-refractivity contribution in [3.63, 3.8) is 0 Å². The van der Waals surface area contributed by atoms with Gasteiger partial charge in [-0.1, -0.05) is 12.1 Å². The molecule has 0 atom stereocenters. The highest BCUT2D eigenvalue weighted by Crippen LogP contribution is 2.35. The maximum absolute atomic E-state index is 12.8. The van der Waals surface area contributed by atoms with Gasteiger partial charge < -0.3 is 19.3 Å². The lowest BCUT2D eigenvalue weighted by atomic mass is 10.2. The fourth-order valence-corrected chi connectivity index (χ4v) is 3.16. The van der Waals surface area contributed by atoms with E-state index in [1.807, 2.05) is 38.1 Å². The van der Waals surface area contributed by atoms with Gasteiger partial charge in [0.15, 0.2) is 11.5 Å². The van der Waals surface area contributed by atoms with Crippen LogP contribution in [-0.4, -0.2) is 31.7 Å². The second-order valence-electron chi connectivity index (χ2n) is 6.44. The van der Waals surface area contributed by atoms with Gasteiger partial charge in [0.25, 0.3) is 0 Å². The molecule has 1 aliphatic heterocycles. The summed E-state index contributed by atoms with van der Waals surface area (Å²) < 4.78 is 10.7. The first kappa shape index (κ1) is 18.8. The summed E-state index contributed by atoms with van der Waals surface area (Å²) >= 11 is 0. The Kier molecular flexibility index (Phi) is 5.64. The van der Waals surface area contributed by atoms with Crippen LogP contribution >= 0.6 is 0 Å². The Bertz CT molecular complexity index is 850. The van der Waals surface area contributed by atoms with E-state index in [1.54, 1.807) is 28.0 Å². The topological polar surface area (TPSA) is 59.1 Å². The number of rotatable bonds is 6. The molecule has 0 radical (unpaired) electrons. The van der Waals surface area contributed by atoms with Crippen molar-refractivity contribution in [1.82, 2.24) is 0 Å². The number of hydrogen-bond donors (Lipinski definition) is 0. The third kappa shape index (κ3) is 4.22. The SMILES string of the molecule is CCN(C(=O)CCN(C(C)=O)c1ccc2c(c1)OCO2)c1cccc(C)c1. The van der Waals surface area contributed by atoms with Gasteiger partial charge in [-0.25, -0.2) is 0 Å². The van der Waals surface area contributed by atoms with Crippen LogP contribution in [0.25, 0.3) is 0 Å². The molecule has 2 amide bonds. The van der Waals surface area contributed by atoms with Crippen molar-refractivity contribution in [2.45, 2.75) is 27.2 Å². The smallest absolute Gasteiger partial charge is 0.231 e. The van der Waals surface area contributed by atoms with Gasteiger partial charge in [0, 0.05) is 43.9 Å². The van der Waals surface area contributed by atoms with Crippen LogP contribution in [0.1, 0.15) is 25.8 Å². The minimum Gasteiger partial charge on any atom is -0.454 e. The van der Waals surface area contributed by atoms with Crippen LogP contribution in [0.15, 0.2) is 42.5 Å². The van der Waals surface area contributed by atoms with Gasteiger partial charge in [0.2, 0.25) is 18.6 Å². The van der Waals surface area contributed by atoms with Crippen LogP contribution in [0.4, 0.5) is 11.4 Å². The van der Waals surface area contributed by atoms with E-state index in [-0.39, 0.29) is 25.0 Å². The van der Waals surface area contributed by atoms with Gasteiger partial charge in [0.1, 0.15) is 0 Å². The predicted molar refractivity (Wildman–Crippen MR) is 104 cm³/mol. The van der Waals surface area contributed by atoms with Gasteiger partial charge in [0.05, 0.1) is 0 Å². The van der Waals surface area contributed by atoms with Crippen molar-refractivity contribution in [3.05, 3.63) is 48.0 Å². The second-order valence-corrected chi connectivity index (χ2v) is 6.44. The molecule has 0 unspecified atom stereocenters. The summed E-state index contributed by atoms with van der Waals surface area (Å²) in [5.41, 5.74) is 2.67. The number of carbonyl (C=O) groups is 2. The lowest BCUT2D eigenvalue weighted by Crippen LogP contribution is -2.36. The molecule has 0 fully saturated rings. The number of ether oxygens (including phenoxy) is 2. The number of hydrogen-bond acceptors (Lipinski definition) is 4. The van der Waals surface area contributed by atoms with E-state index in [1.165, 1.54) is 6.92 Å². The molecule has 1 aliphatic rings. The Morgan fingerprint density at radius 2 is 1.74 bits per heavy atom. The van der Waals surface area contributed by atoms with E-state index < -0.39 is 0 Å². The van der Waals surface area contributed by atoms with Crippen molar-refractivity contribution in [2.24, 2.45) is 0 Å². The van der Waals surface area contributed by atoms with Crippen molar-refractivity contribution >= 4 is 23.2 Å². The fraction of sp³-hybridized carbons (Fsp3) is 0.333. The fourth-order valence-electron chi connectivity index (χ4n) is 3.16. The molecule has 0 saturated carbocycles. The largest absolute Gasteiger partial charge is 0.454 e. The maximum Gasteiger partial charge on any atom is 0.231 e. The Morgan fingerprint density at radius 3 is 2.44 bits per heavy atom. The summed E-state index contributed by atoms with van der Waals surface area (Å²) in [4.78, 5) is 28.2. The van der Waals surface area contributed by atoms with Crippen LogP contribution in [0.5, 0.6) is 11.5 Å². The summed E-state index contributed by atoms with van der Waals surface area (Å²) in [6.45, 7) is 6.49. The number of fused-ring (bicyclic) bond motifs is 1. The molecule has 0 aromatic heterocycles. The summed E-state index contributed by atoms with van der Waals surface area (Å²) in [5.74, 6) is 1.13. The second kappa shape index (κ2) is 8.12. The third-order valence-electron chi connectivity index (χ3n) is 4.53. The molecule has 0 N–H and O–H groups in total. The van der Waals surface area contributed by atoms with Gasteiger partial charge in [-0.15, -0.1) is 0 Å². The Balaban J connectivity index is 1.72. The van der Waals surface area contributed by atoms with Crippen LogP contribution < -0.4 is 19.3 Å². The number of amides is 2. The molecule has 0 saturated heterocycles. The van der Waals surface area contributed by atoms with Gasteiger partial charge >= 0.3 is 0 Å². The maximum atomic E-state index is 12.8. The Labute approximate surface area is 159 Å². The zero-order valence-corrected chi connectivity index (χ0v) is 15.9. The molecule has 142 valence electrons. The first-order chi connectivity index (χ1) is 13.0. The van der Waals surface area contributed by atoms with Gasteiger partial charge in [-0.05, 0) is 43.7 Å². The molecule has 0 bridgehead atoms. The van der Waals surface area contributed by atoms with Crippen LogP contribution in [0.3, 0.4) is 0 Å². The number of carbonyl (C=O) groups excluding carboxylic acids is 2. The summed E-state index contributed by atoms with van der Waals surface area (Å²) in [6, 6.07) is 13.2. The number of benzene rings is 2. The average Bonchev–Trinajstić information content (AvgIpc) is 3.10. The van der Waals surface area contributed by atoms with E-state index in [2.05, 4.69) is 0 Å². The molecule has 0 spiro atoms. The Hall–Kier alpha value is -3.02. The van der Waals surface area contributed by atoms with E-state index in [9.17, 15) is 9.59 Å². The molecule has 0 aliphatic carbocycles. The highest BCUT2D eigenvalue weighted by Gasteiger charge is 2.20. The molecular formula is C21H24N2O4. The minimum absolute atomic E-state index is 0.0184. The first-order valence-corrected chi connectivity index (χ1v) is 9.04. The molecule has 3 rings (SSSR count). The lowest BCUT2D eigenvalue weighted by Gasteiger charge is -2.25. The van der Waals surface area contributed by atoms with Gasteiger partial charge in [-0.2, -0.15) is 0 Å². The van der Waals surface area contributed by atoms with E-state index in [4.69, 9.17) is 9.47 Å². The van der Waals surface area contributed by atoms with E-state index >= 15 is 0 Å². The number of nitrogens with zero attached hydrogens (tertiary/aromatic N) is 2. The van der Waals surface area contributed by atoms with Crippen molar-refractivity contribution in [1.29, 1.82) is 0 Å². The summed E-state index contributed by atoms with van der Waals surface area (Å²) in [7, 11) is 0. The molecule has 27 heavy (non-hydrogen) atoms. The highest BCUT2D eigenvalue weighted by atomic mass is 16.7. The molecular weight excluding hydrogens is 344 g/mol. The van der Waals surface area contributed by atoms with Crippen LogP contribution in [0, 0.1) is 6.92 Å². The summed E-state index contributed by atoms with van der Waals surface area (Å²) in [5, 5.41) is 0. The quantitative estimate of drug-likeness (QED) is 0.783. The number of anilines is 2. The molecule has 6 nitrogen and oxygen atoms in total. The highest BCUT2D eigenvalue weighted by molar-refractivity contribution is 5.96. The zero-order valence-electron chi connectivity index (χ0n) is 15.9. The molecule has 1 heterocycles. The van der Waals surface area contributed by atoms with Crippen molar-refractivity contribution in [3.8, 4) is 11.5 Å². The average molecular weight is 368 g/mol. The van der Waals surface area contributed by atoms with Crippen molar-refractivity contribution < 1.29 is 19.1 Å². The van der Waals surface area contributed by atoms with Crippen molar-refractivity contribution in [2.75, 3.05) is 29.7 Å². The normalized spacial score (nSPS) is 12.0. The number of aryl methyl sites for hydroxylation is 1. The molecule has 2 aromatic carbocycles. The van der Waals surface area contributed by atoms with Crippen LogP contribution in [-0.2, 0) is 9.59 Å². The monoisotopic (exact) mass is 368 g/mol. The van der Waals surface area contributed by atoms with E-state index in [0.29, 0.717) is 30.3 Å². The molecule has 6 heteroatoms. The Morgan fingerprint density at radius 1 is 1.00 bits per heavy atom. The first-order valence-electron chi connectivity index (χ1n) is 9.04. The lowest BCUT2D eigenvalue weighted by molar-refractivity contribution is -0.118. The predicted octanol–water partition coefficient (Wildman–Crippen LogP) is 3.52. The van der Waals surface area contributed by atoms with Gasteiger partial charge in [-0.3, -0.25) is 9.59 Å². The zero-order chi connectivity index (χ0) is 19.4. The van der Waals surface area contributed by atoms with Crippen LogP contribution in [0.2, 0.25) is 0 Å².